The molecular weight excluding hydrogens is 670 g/mol. The first-order chi connectivity index (χ1) is 23.0. The molecule has 1 heterocycles. The van der Waals surface area contributed by atoms with E-state index in [9.17, 15) is 26.4 Å². The van der Waals surface area contributed by atoms with Gasteiger partial charge in [-0.2, -0.15) is 21.6 Å². The second-order valence-corrected chi connectivity index (χ2v) is 13.5. The topological polar surface area (TPSA) is 97.4 Å². The third-order valence-corrected chi connectivity index (χ3v) is 9.79. The zero-order valence-corrected chi connectivity index (χ0v) is 27.3. The van der Waals surface area contributed by atoms with E-state index in [1.807, 2.05) is 36.4 Å². The lowest BCUT2D eigenvalue weighted by Gasteiger charge is -2.45. The summed E-state index contributed by atoms with van der Waals surface area (Å²) in [4.78, 5) is 12.0. The van der Waals surface area contributed by atoms with E-state index in [0.717, 1.165) is 29.5 Å². The highest BCUT2D eigenvalue weighted by atomic mass is 32.2. The number of esters is 1. The molecule has 0 spiro atoms. The van der Waals surface area contributed by atoms with Crippen LogP contribution in [0.5, 0.6) is 0 Å². The van der Waals surface area contributed by atoms with Gasteiger partial charge in [-0.1, -0.05) is 103 Å². The molecule has 4 aromatic rings. The summed E-state index contributed by atoms with van der Waals surface area (Å²) in [5.41, 5.74) is -0.976. The van der Waals surface area contributed by atoms with Crippen molar-refractivity contribution < 1.29 is 49.5 Å². The SMILES string of the molecule is CC(=O)O[C@H]1[C@H](OCc2ccccc2)[C@H](OS(=O)(=O)c2ccccc2C(F)(F)F)[C@H](Sc2ccccc2)O[C@@H]1COCc1ccccc1. The highest BCUT2D eigenvalue weighted by Crippen LogP contribution is 2.41. The molecule has 0 aromatic heterocycles. The van der Waals surface area contributed by atoms with E-state index < -0.39 is 62.6 Å². The van der Waals surface area contributed by atoms with Crippen molar-refractivity contribution in [1.82, 2.24) is 0 Å². The third-order valence-electron chi connectivity index (χ3n) is 7.27. The average molecular weight is 703 g/mol. The Kier molecular flexibility index (Phi) is 11.9. The van der Waals surface area contributed by atoms with E-state index >= 15 is 0 Å². The number of alkyl halides is 3. The Morgan fingerprint density at radius 3 is 1.94 bits per heavy atom. The number of halogens is 3. The van der Waals surface area contributed by atoms with Gasteiger partial charge >= 0.3 is 12.1 Å². The maximum absolute atomic E-state index is 14.0. The Bertz CT molecular complexity index is 1730. The second-order valence-electron chi connectivity index (χ2n) is 10.8. The van der Waals surface area contributed by atoms with E-state index in [1.54, 1.807) is 54.6 Å². The predicted molar refractivity (Wildman–Crippen MR) is 171 cm³/mol. The van der Waals surface area contributed by atoms with Crippen LogP contribution in [0, 0.1) is 0 Å². The van der Waals surface area contributed by atoms with Gasteiger partial charge in [0.15, 0.2) is 6.10 Å². The third kappa shape index (κ3) is 9.46. The molecule has 4 aromatic carbocycles. The predicted octanol–water partition coefficient (Wildman–Crippen LogP) is 7.03. The summed E-state index contributed by atoms with van der Waals surface area (Å²) in [7, 11) is -5.10. The Labute approximate surface area is 281 Å². The molecule has 1 fully saturated rings. The molecule has 0 amide bonds. The Balaban J connectivity index is 1.55. The maximum Gasteiger partial charge on any atom is 0.417 e. The summed E-state index contributed by atoms with van der Waals surface area (Å²) in [6.45, 7) is 1.21. The fourth-order valence-electron chi connectivity index (χ4n) is 5.12. The summed E-state index contributed by atoms with van der Waals surface area (Å²) in [5.74, 6) is -0.719. The van der Waals surface area contributed by atoms with Gasteiger partial charge < -0.3 is 18.9 Å². The molecule has 1 aliphatic heterocycles. The van der Waals surface area contributed by atoms with Crippen molar-refractivity contribution in [3.8, 4) is 0 Å². The lowest BCUT2D eigenvalue weighted by Crippen LogP contribution is -2.61. The van der Waals surface area contributed by atoms with Crippen LogP contribution in [0.25, 0.3) is 0 Å². The number of benzene rings is 4. The first-order valence-corrected chi connectivity index (χ1v) is 17.2. The fraction of sp³-hybridized carbons (Fsp3) is 0.286. The number of hydrogen-bond acceptors (Lipinski definition) is 9. The molecule has 8 nitrogen and oxygen atoms in total. The summed E-state index contributed by atoms with van der Waals surface area (Å²) in [6.07, 6.45) is -10.2. The Morgan fingerprint density at radius 2 is 1.33 bits per heavy atom. The van der Waals surface area contributed by atoms with Gasteiger partial charge in [-0.05, 0) is 35.4 Å². The molecular formula is C35H33F3O8S2. The van der Waals surface area contributed by atoms with Gasteiger partial charge in [0.05, 0.1) is 25.4 Å². The van der Waals surface area contributed by atoms with E-state index in [4.69, 9.17) is 23.1 Å². The maximum atomic E-state index is 14.0. The fourth-order valence-corrected chi connectivity index (χ4v) is 7.62. The summed E-state index contributed by atoms with van der Waals surface area (Å²) in [5, 5.41) is 0. The van der Waals surface area contributed by atoms with Gasteiger partial charge in [-0.25, -0.2) is 0 Å². The number of carbonyl (C=O) groups excluding carboxylic acids is 1. The van der Waals surface area contributed by atoms with Gasteiger partial charge in [0.25, 0.3) is 10.1 Å². The molecule has 0 unspecified atom stereocenters. The van der Waals surface area contributed by atoms with Crippen LogP contribution in [0.2, 0.25) is 0 Å². The Morgan fingerprint density at radius 1 is 0.771 bits per heavy atom. The first-order valence-electron chi connectivity index (χ1n) is 14.9. The molecule has 1 aliphatic rings. The molecule has 0 saturated carbocycles. The van der Waals surface area contributed by atoms with Crippen molar-refractivity contribution in [2.75, 3.05) is 6.61 Å². The van der Waals surface area contributed by atoms with Crippen LogP contribution in [-0.2, 0) is 57.4 Å². The van der Waals surface area contributed by atoms with Crippen molar-refractivity contribution in [2.24, 2.45) is 0 Å². The molecule has 0 aliphatic carbocycles. The minimum Gasteiger partial charge on any atom is -0.457 e. The monoisotopic (exact) mass is 702 g/mol. The number of carbonyl (C=O) groups is 1. The average Bonchev–Trinajstić information content (AvgIpc) is 3.07. The number of rotatable bonds is 13. The van der Waals surface area contributed by atoms with Crippen molar-refractivity contribution in [2.45, 2.75) is 66.0 Å². The van der Waals surface area contributed by atoms with E-state index in [-0.39, 0.29) is 19.8 Å². The van der Waals surface area contributed by atoms with Gasteiger partial charge in [-0.3, -0.25) is 8.98 Å². The molecule has 5 rings (SSSR count). The molecule has 1 saturated heterocycles. The smallest absolute Gasteiger partial charge is 0.417 e. The highest BCUT2D eigenvalue weighted by molar-refractivity contribution is 7.99. The van der Waals surface area contributed by atoms with Gasteiger partial charge in [0, 0.05) is 11.8 Å². The van der Waals surface area contributed by atoms with Gasteiger partial charge in [0.1, 0.15) is 28.6 Å². The molecule has 48 heavy (non-hydrogen) atoms. The van der Waals surface area contributed by atoms with Gasteiger partial charge in [-0.15, -0.1) is 0 Å². The molecule has 5 atom stereocenters. The van der Waals surface area contributed by atoms with Crippen molar-refractivity contribution >= 4 is 27.8 Å². The van der Waals surface area contributed by atoms with Crippen LogP contribution in [0.4, 0.5) is 13.2 Å². The van der Waals surface area contributed by atoms with Crippen molar-refractivity contribution in [3.05, 3.63) is 132 Å². The first kappa shape index (κ1) is 35.6. The largest absolute Gasteiger partial charge is 0.457 e. The molecule has 13 heteroatoms. The highest BCUT2D eigenvalue weighted by Gasteiger charge is 2.52. The van der Waals surface area contributed by atoms with Crippen molar-refractivity contribution in [1.29, 1.82) is 0 Å². The second kappa shape index (κ2) is 16.1. The number of hydrogen-bond donors (Lipinski definition) is 0. The van der Waals surface area contributed by atoms with Crippen LogP contribution < -0.4 is 0 Å². The normalized spacial score (nSPS) is 21.5. The number of ether oxygens (including phenoxy) is 4. The van der Waals surface area contributed by atoms with Crippen LogP contribution in [0.3, 0.4) is 0 Å². The minimum atomic E-state index is -5.10. The lowest BCUT2D eigenvalue weighted by molar-refractivity contribution is -0.231. The molecule has 0 radical (unpaired) electrons. The summed E-state index contributed by atoms with van der Waals surface area (Å²) >= 11 is 1.09. The quantitative estimate of drug-likeness (QED) is 0.108. The summed E-state index contributed by atoms with van der Waals surface area (Å²) < 4.78 is 99.4. The number of thioether (sulfide) groups is 1. The van der Waals surface area contributed by atoms with Crippen molar-refractivity contribution in [3.63, 3.8) is 0 Å². The molecule has 254 valence electrons. The molecule has 0 bridgehead atoms. The zero-order valence-electron chi connectivity index (χ0n) is 25.7. The van der Waals surface area contributed by atoms with Crippen LogP contribution in [0.15, 0.2) is 125 Å². The summed E-state index contributed by atoms with van der Waals surface area (Å²) in [6, 6.07) is 30.9. The lowest BCUT2D eigenvalue weighted by atomic mass is 9.99. The molecule has 0 N–H and O–H groups in total. The zero-order chi connectivity index (χ0) is 34.1. The standard InChI is InChI=1S/C35H33F3O8S2/c1-24(39)44-31-29(23-42-21-25-13-5-2-6-14-25)45-34(47-27-17-9-4-10-18-27)33(32(31)43-22-26-15-7-3-8-16-26)46-48(40,41)30-20-12-11-19-28(30)35(36,37)38/h2-20,29,31-34H,21-23H2,1H3/t29-,31-,32+,33+,34+/m1/s1. The van der Waals surface area contributed by atoms with E-state index in [0.29, 0.717) is 16.5 Å². The Hall–Kier alpha value is -3.72. The van der Waals surface area contributed by atoms with Crippen LogP contribution in [0.1, 0.15) is 23.6 Å². The van der Waals surface area contributed by atoms with Crippen LogP contribution >= 0.6 is 11.8 Å². The van der Waals surface area contributed by atoms with Gasteiger partial charge in [0.2, 0.25) is 0 Å². The van der Waals surface area contributed by atoms with E-state index in [2.05, 4.69) is 0 Å². The van der Waals surface area contributed by atoms with E-state index in [1.165, 1.54) is 13.0 Å². The van der Waals surface area contributed by atoms with Crippen LogP contribution in [-0.4, -0.2) is 50.8 Å². The minimum absolute atomic E-state index is 0.0668.